The van der Waals surface area contributed by atoms with E-state index in [-0.39, 0.29) is 16.9 Å². The molecule has 2 atom stereocenters. The average Bonchev–Trinajstić information content (AvgIpc) is 2.60. The summed E-state index contributed by atoms with van der Waals surface area (Å²) in [6, 6.07) is 7.18. The van der Waals surface area contributed by atoms with Gasteiger partial charge in [-0.3, -0.25) is 9.59 Å². The first kappa shape index (κ1) is 16.7. The lowest BCUT2D eigenvalue weighted by atomic mass is 9.88. The zero-order chi connectivity index (χ0) is 16.9. The molecule has 3 rings (SSSR count). The number of pyridine rings is 1. The largest absolute Gasteiger partial charge is 0.376 e. The van der Waals surface area contributed by atoms with Crippen molar-refractivity contribution in [2.45, 2.75) is 38.7 Å². The molecule has 2 unspecified atom stereocenters. The Morgan fingerprint density at radius 3 is 2.92 bits per heavy atom. The van der Waals surface area contributed by atoms with Crippen LogP contribution in [0.4, 0.5) is 0 Å². The molecule has 0 radical (unpaired) electrons. The summed E-state index contributed by atoms with van der Waals surface area (Å²) >= 11 is 0. The minimum atomic E-state index is -0.359. The van der Waals surface area contributed by atoms with Gasteiger partial charge in [-0.05, 0) is 30.9 Å². The Bertz CT molecular complexity index is 769. The number of hydrogen-bond donors (Lipinski definition) is 2. The lowest BCUT2D eigenvalue weighted by Gasteiger charge is -2.28. The van der Waals surface area contributed by atoms with Crippen molar-refractivity contribution in [1.29, 1.82) is 0 Å². The second-order valence-corrected chi connectivity index (χ2v) is 6.50. The smallest absolute Gasteiger partial charge is 0.256 e. The van der Waals surface area contributed by atoms with Crippen molar-refractivity contribution in [3.8, 4) is 0 Å². The van der Waals surface area contributed by atoms with Crippen LogP contribution in [0.3, 0.4) is 0 Å². The van der Waals surface area contributed by atoms with Gasteiger partial charge in [-0.15, -0.1) is 0 Å². The Morgan fingerprint density at radius 1 is 1.29 bits per heavy atom. The Hall–Kier alpha value is -2.14. The van der Waals surface area contributed by atoms with Gasteiger partial charge in [0.05, 0.1) is 12.7 Å². The van der Waals surface area contributed by atoms with Crippen molar-refractivity contribution in [1.82, 2.24) is 10.3 Å². The number of rotatable bonds is 5. The molecule has 2 N–H and O–H groups in total. The van der Waals surface area contributed by atoms with Crippen molar-refractivity contribution in [2.24, 2.45) is 5.92 Å². The van der Waals surface area contributed by atoms with Crippen LogP contribution in [0.2, 0.25) is 0 Å². The van der Waals surface area contributed by atoms with Crippen molar-refractivity contribution in [2.75, 3.05) is 13.2 Å². The van der Waals surface area contributed by atoms with Crippen LogP contribution in [0, 0.1) is 5.92 Å². The SMILES string of the molecule is CC1CCCCC1OCCNC(=O)c1c[nH]c2ccccc2c1=O. The second kappa shape index (κ2) is 7.62. The summed E-state index contributed by atoms with van der Waals surface area (Å²) < 4.78 is 5.88. The Kier molecular flexibility index (Phi) is 5.30. The lowest BCUT2D eigenvalue weighted by Crippen LogP contribution is -2.33. The van der Waals surface area contributed by atoms with E-state index in [4.69, 9.17) is 4.74 Å². The first-order valence-corrected chi connectivity index (χ1v) is 8.67. The van der Waals surface area contributed by atoms with Gasteiger partial charge >= 0.3 is 0 Å². The number of ether oxygens (including phenoxy) is 1. The molecule has 1 aromatic carbocycles. The Morgan fingerprint density at radius 2 is 2.08 bits per heavy atom. The molecule has 1 aliphatic rings. The van der Waals surface area contributed by atoms with E-state index in [0.717, 1.165) is 11.9 Å². The molecule has 5 nitrogen and oxygen atoms in total. The summed E-state index contributed by atoms with van der Waals surface area (Å²) in [4.78, 5) is 27.6. The standard InChI is InChI=1S/C19H24N2O3/c1-13-6-2-5-9-17(13)24-11-10-20-19(23)15-12-21-16-8-4-3-7-14(16)18(15)22/h3-4,7-8,12-13,17H,2,5-6,9-11H2,1H3,(H,20,23)(H,21,22). The van der Waals surface area contributed by atoms with Crippen molar-refractivity contribution in [3.05, 3.63) is 46.2 Å². The summed E-state index contributed by atoms with van der Waals surface area (Å²) in [7, 11) is 0. The molecule has 0 saturated heterocycles. The van der Waals surface area contributed by atoms with Crippen molar-refractivity contribution in [3.63, 3.8) is 0 Å². The molecule has 1 saturated carbocycles. The van der Waals surface area contributed by atoms with Gasteiger partial charge in [0.25, 0.3) is 5.91 Å². The highest BCUT2D eigenvalue weighted by Gasteiger charge is 2.21. The third-order valence-electron chi connectivity index (χ3n) is 4.79. The number of para-hydroxylation sites is 1. The maximum atomic E-state index is 12.4. The van der Waals surface area contributed by atoms with Gasteiger partial charge in [0.15, 0.2) is 0 Å². The molecule has 1 heterocycles. The summed E-state index contributed by atoms with van der Waals surface area (Å²) in [6.45, 7) is 3.11. The molecular weight excluding hydrogens is 304 g/mol. The third-order valence-corrected chi connectivity index (χ3v) is 4.79. The van der Waals surface area contributed by atoms with E-state index in [9.17, 15) is 9.59 Å². The van der Waals surface area contributed by atoms with Gasteiger partial charge in [-0.2, -0.15) is 0 Å². The van der Waals surface area contributed by atoms with Crippen LogP contribution in [-0.4, -0.2) is 30.1 Å². The highest BCUT2D eigenvalue weighted by Crippen LogP contribution is 2.25. The third kappa shape index (κ3) is 3.67. The zero-order valence-corrected chi connectivity index (χ0v) is 14.0. The molecule has 2 aromatic rings. The predicted molar refractivity (Wildman–Crippen MR) is 94.3 cm³/mol. The van der Waals surface area contributed by atoms with Crippen LogP contribution < -0.4 is 10.7 Å². The molecule has 1 fully saturated rings. The molecular formula is C19H24N2O3. The van der Waals surface area contributed by atoms with Gasteiger partial charge in [-0.25, -0.2) is 0 Å². The molecule has 128 valence electrons. The van der Waals surface area contributed by atoms with E-state index in [1.165, 1.54) is 25.5 Å². The Balaban J connectivity index is 1.55. The fourth-order valence-electron chi connectivity index (χ4n) is 3.34. The van der Waals surface area contributed by atoms with Crippen LogP contribution in [0.25, 0.3) is 10.9 Å². The minimum absolute atomic E-state index is 0.139. The van der Waals surface area contributed by atoms with Crippen LogP contribution in [0.15, 0.2) is 35.3 Å². The first-order valence-electron chi connectivity index (χ1n) is 8.67. The van der Waals surface area contributed by atoms with Crippen LogP contribution in [0.1, 0.15) is 43.0 Å². The van der Waals surface area contributed by atoms with E-state index in [2.05, 4.69) is 17.2 Å². The number of benzene rings is 1. The average molecular weight is 328 g/mol. The summed E-state index contributed by atoms with van der Waals surface area (Å²) in [6.07, 6.45) is 6.57. The number of nitrogens with one attached hydrogen (secondary N) is 2. The maximum absolute atomic E-state index is 12.4. The number of amides is 1. The topological polar surface area (TPSA) is 71.2 Å². The van der Waals surface area contributed by atoms with Gasteiger partial charge < -0.3 is 15.0 Å². The first-order chi connectivity index (χ1) is 11.7. The fraction of sp³-hybridized carbons (Fsp3) is 0.474. The number of hydrogen-bond acceptors (Lipinski definition) is 3. The van der Waals surface area contributed by atoms with E-state index < -0.39 is 0 Å². The van der Waals surface area contributed by atoms with E-state index in [1.54, 1.807) is 12.1 Å². The van der Waals surface area contributed by atoms with Crippen LogP contribution >= 0.6 is 0 Å². The van der Waals surface area contributed by atoms with Gasteiger partial charge in [0, 0.05) is 23.6 Å². The van der Waals surface area contributed by atoms with E-state index >= 15 is 0 Å². The van der Waals surface area contributed by atoms with Crippen molar-refractivity contribution >= 4 is 16.8 Å². The van der Waals surface area contributed by atoms with Gasteiger partial charge in [-0.1, -0.05) is 31.9 Å². The molecule has 24 heavy (non-hydrogen) atoms. The quantitative estimate of drug-likeness (QED) is 0.829. The van der Waals surface area contributed by atoms with Crippen molar-refractivity contribution < 1.29 is 9.53 Å². The number of H-pyrrole nitrogens is 1. The summed E-state index contributed by atoms with van der Waals surface area (Å²) in [5.41, 5.74) is 0.622. The number of carbonyl (C=O) groups excluding carboxylic acids is 1. The fourth-order valence-corrected chi connectivity index (χ4v) is 3.34. The second-order valence-electron chi connectivity index (χ2n) is 6.50. The van der Waals surface area contributed by atoms with Gasteiger partial charge in [0.2, 0.25) is 5.43 Å². The Labute approximate surface area is 141 Å². The predicted octanol–water partition coefficient (Wildman–Crippen LogP) is 2.85. The van der Waals surface area contributed by atoms with E-state index in [0.29, 0.717) is 30.6 Å². The van der Waals surface area contributed by atoms with Crippen LogP contribution in [-0.2, 0) is 4.74 Å². The maximum Gasteiger partial charge on any atom is 0.256 e. The molecule has 1 amide bonds. The molecule has 0 bridgehead atoms. The monoisotopic (exact) mass is 328 g/mol. The highest BCUT2D eigenvalue weighted by molar-refractivity contribution is 5.97. The van der Waals surface area contributed by atoms with Crippen LogP contribution in [0.5, 0.6) is 0 Å². The minimum Gasteiger partial charge on any atom is -0.376 e. The van der Waals surface area contributed by atoms with E-state index in [1.807, 2.05) is 12.1 Å². The number of carbonyl (C=O) groups is 1. The number of aromatic amines is 1. The molecule has 5 heteroatoms. The summed E-state index contributed by atoms with van der Waals surface area (Å²) in [5, 5.41) is 3.30. The lowest BCUT2D eigenvalue weighted by molar-refractivity contribution is -0.00294. The molecule has 1 aliphatic carbocycles. The normalized spacial score (nSPS) is 20.9. The number of fused-ring (bicyclic) bond motifs is 1. The molecule has 0 aliphatic heterocycles. The summed E-state index contributed by atoms with van der Waals surface area (Å²) in [5.74, 6) is 0.222. The van der Waals surface area contributed by atoms with Gasteiger partial charge in [0.1, 0.15) is 5.56 Å². The molecule has 0 spiro atoms. The zero-order valence-electron chi connectivity index (χ0n) is 14.0. The highest BCUT2D eigenvalue weighted by atomic mass is 16.5. The number of aromatic nitrogens is 1. The molecule has 1 aromatic heterocycles.